The highest BCUT2D eigenvalue weighted by Crippen LogP contribution is 2.36. The second-order valence-electron chi connectivity index (χ2n) is 21.8. The van der Waals surface area contributed by atoms with Crippen LogP contribution in [0.5, 0.6) is 11.5 Å². The van der Waals surface area contributed by atoms with Gasteiger partial charge in [0.25, 0.3) is 0 Å². The van der Waals surface area contributed by atoms with Crippen LogP contribution in [-0.2, 0) is 32.4 Å². The molecule has 12 nitrogen and oxygen atoms in total. The molecule has 0 unspecified atom stereocenters. The van der Waals surface area contributed by atoms with Crippen molar-refractivity contribution in [3.8, 4) is 11.5 Å². The number of ketones is 2. The summed E-state index contributed by atoms with van der Waals surface area (Å²) < 4.78 is 17.4. The molecule has 0 fully saturated rings. The Morgan fingerprint density at radius 2 is 0.726 bits per heavy atom. The van der Waals surface area contributed by atoms with E-state index in [4.69, 9.17) is 19.1 Å². The summed E-state index contributed by atoms with van der Waals surface area (Å²) in [5.41, 5.74) is 16.4. The van der Waals surface area contributed by atoms with Crippen molar-refractivity contribution >= 4 is 78.5 Å². The van der Waals surface area contributed by atoms with Crippen LogP contribution in [0.1, 0.15) is 141 Å². The molecular weight excluding hydrogens is 1050 g/mol. The summed E-state index contributed by atoms with van der Waals surface area (Å²) in [7, 11) is 0. The van der Waals surface area contributed by atoms with Crippen LogP contribution in [-0.4, -0.2) is 57.3 Å². The molecule has 0 aliphatic rings. The van der Waals surface area contributed by atoms with E-state index in [0.29, 0.717) is 58.4 Å². The van der Waals surface area contributed by atoms with Crippen LogP contribution >= 0.6 is 0 Å². The summed E-state index contributed by atoms with van der Waals surface area (Å²) in [6.45, 7) is 21.2. The van der Waals surface area contributed by atoms with Gasteiger partial charge < -0.3 is 28.3 Å². The maximum absolute atomic E-state index is 14.1. The minimum atomic E-state index is -0.550. The van der Waals surface area contributed by atoms with Crippen molar-refractivity contribution in [1.29, 1.82) is 0 Å². The molecule has 0 aliphatic carbocycles. The van der Waals surface area contributed by atoms with E-state index < -0.39 is 11.9 Å². The zero-order valence-electron chi connectivity index (χ0n) is 49.6. The van der Waals surface area contributed by atoms with E-state index in [1.807, 2.05) is 151 Å². The lowest BCUT2D eigenvalue weighted by atomic mass is 9.92. The number of ether oxygens (including phenoxy) is 2. The number of hydrogen-bond donors (Lipinski definition) is 0. The fraction of sp³-hybridized carbons (Fsp3) is 0.250. The van der Waals surface area contributed by atoms with Gasteiger partial charge in [0, 0.05) is 115 Å². The number of para-hydroxylation sites is 2. The quantitative estimate of drug-likeness (QED) is 0.0228. The zero-order valence-corrected chi connectivity index (χ0v) is 49.6. The third-order valence-corrected chi connectivity index (χ3v) is 15.6. The summed E-state index contributed by atoms with van der Waals surface area (Å²) in [6, 6.07) is 47.5. The number of hydrogen-bond acceptors (Lipinski definition) is 10. The van der Waals surface area contributed by atoms with Gasteiger partial charge in [-0.15, -0.1) is 0 Å². The van der Waals surface area contributed by atoms with Crippen molar-refractivity contribution in [1.82, 2.24) is 9.13 Å². The summed E-state index contributed by atoms with van der Waals surface area (Å²) in [5, 5.41) is 12.6. The Morgan fingerprint density at radius 1 is 0.405 bits per heavy atom. The molecule has 2 aromatic heterocycles. The Labute approximate surface area is 490 Å². The van der Waals surface area contributed by atoms with E-state index in [1.165, 1.54) is 13.8 Å². The van der Waals surface area contributed by atoms with Crippen LogP contribution in [0.25, 0.3) is 43.6 Å². The number of carbonyl (C=O) groups is 4. The number of aryl methyl sites for hydroxylation is 8. The van der Waals surface area contributed by atoms with Crippen molar-refractivity contribution in [2.75, 3.05) is 13.2 Å². The zero-order chi connectivity index (χ0) is 59.3. The van der Waals surface area contributed by atoms with Crippen molar-refractivity contribution < 1.29 is 38.3 Å². The molecule has 0 N–H and O–H groups in total. The fourth-order valence-corrected chi connectivity index (χ4v) is 12.1. The highest BCUT2D eigenvalue weighted by molar-refractivity contribution is 6.21. The maximum atomic E-state index is 14.1. The van der Waals surface area contributed by atoms with Gasteiger partial charge in [-0.2, -0.15) is 0 Å². The molecule has 0 amide bonds. The van der Waals surface area contributed by atoms with E-state index in [1.54, 1.807) is 0 Å². The van der Waals surface area contributed by atoms with E-state index in [9.17, 15) is 19.2 Å². The van der Waals surface area contributed by atoms with Gasteiger partial charge in [-0.05, 0) is 188 Å². The van der Waals surface area contributed by atoms with Crippen molar-refractivity contribution in [3.63, 3.8) is 0 Å². The lowest BCUT2D eigenvalue weighted by Crippen LogP contribution is -2.10. The Hall–Kier alpha value is -9.42. The molecule has 0 atom stereocenters. The smallest absolute Gasteiger partial charge is 0.332 e. The first-order chi connectivity index (χ1) is 40.5. The van der Waals surface area contributed by atoms with Crippen LogP contribution in [0.4, 0.5) is 0 Å². The molecule has 0 radical (unpaired) electrons. The molecule has 0 spiro atoms. The molecule has 2 heterocycles. The third kappa shape index (κ3) is 11.8. The molecular formula is C72H70N4O8. The van der Waals surface area contributed by atoms with Gasteiger partial charge in [-0.3, -0.25) is 9.59 Å². The van der Waals surface area contributed by atoms with Gasteiger partial charge in [-0.1, -0.05) is 82.1 Å². The van der Waals surface area contributed by atoms with Gasteiger partial charge in [0.15, 0.2) is 11.6 Å². The average Bonchev–Trinajstić information content (AvgIpc) is 1.82. The molecule has 8 aromatic carbocycles. The SMILES string of the molecule is CCn1c2ccc(C(=O)c3c(C)cc(C)cc3C)cc2c2cc(/C(=N\OC(C)=O)c3ccccc3OCCCCCCOc3ccccc3/C(=N/OC(C)=O)c3ccc4c(c3)c3cc(C(=O)c5c(C)cc(C)cc5C)ccc3n4CC)ccc21. The molecule has 0 saturated carbocycles. The van der Waals surface area contributed by atoms with Crippen LogP contribution < -0.4 is 9.47 Å². The second kappa shape index (κ2) is 25.0. The molecule has 10 aromatic rings. The summed E-state index contributed by atoms with van der Waals surface area (Å²) in [4.78, 5) is 63.6. The third-order valence-electron chi connectivity index (χ3n) is 15.6. The van der Waals surface area contributed by atoms with Gasteiger partial charge in [0.2, 0.25) is 0 Å². The predicted molar refractivity (Wildman–Crippen MR) is 336 cm³/mol. The van der Waals surface area contributed by atoms with E-state index in [2.05, 4.69) is 69.7 Å². The monoisotopic (exact) mass is 1120 g/mol. The molecule has 10 rings (SSSR count). The first kappa shape index (κ1) is 57.8. The largest absolute Gasteiger partial charge is 0.493 e. The molecule has 426 valence electrons. The highest BCUT2D eigenvalue weighted by Gasteiger charge is 2.23. The van der Waals surface area contributed by atoms with Crippen LogP contribution in [0.15, 0.2) is 156 Å². The highest BCUT2D eigenvalue weighted by atomic mass is 16.7. The number of nitrogens with zero attached hydrogens (tertiary/aromatic N) is 4. The molecule has 12 heteroatoms. The molecule has 0 aliphatic heterocycles. The number of oxime groups is 2. The second-order valence-corrected chi connectivity index (χ2v) is 21.8. The number of carbonyl (C=O) groups excluding carboxylic acids is 4. The number of benzene rings is 8. The number of aromatic nitrogens is 2. The Kier molecular flexibility index (Phi) is 17.2. The van der Waals surface area contributed by atoms with Gasteiger partial charge >= 0.3 is 11.9 Å². The Morgan fingerprint density at radius 3 is 1.06 bits per heavy atom. The molecule has 0 bridgehead atoms. The molecule has 84 heavy (non-hydrogen) atoms. The standard InChI is InChI=1S/C72H70N4O8/c1-11-75-61-29-25-51(39-57(61)59-41-53(27-31-63(59)75)71(79)67-45(5)35-43(3)36-46(67)6)69(73-83-49(9)77)55-21-15-17-23-65(55)81-33-19-13-14-20-34-82-66-24-18-16-22-56(66)70(74-84-50(10)78)52-26-30-62-58(40-52)60-42-54(28-32-64(60)76(62)12-2)72(80)68-47(7)37-44(4)38-48(68)8/h15-18,21-32,35-42H,11-14,19-20,33-34H2,1-10H3/b73-69+,74-70+. The summed E-state index contributed by atoms with van der Waals surface area (Å²) in [6.07, 6.45) is 3.28. The summed E-state index contributed by atoms with van der Waals surface area (Å²) in [5.74, 6) is 0.0594. The number of unbranched alkanes of at least 4 members (excludes halogenated alkanes) is 3. The minimum absolute atomic E-state index is 0.0179. The first-order valence-corrected chi connectivity index (χ1v) is 28.9. The predicted octanol–water partition coefficient (Wildman–Crippen LogP) is 15.9. The van der Waals surface area contributed by atoms with Crippen LogP contribution in [0.2, 0.25) is 0 Å². The van der Waals surface area contributed by atoms with Gasteiger partial charge in [0.05, 0.1) is 13.2 Å². The Bertz CT molecular complexity index is 3990. The van der Waals surface area contributed by atoms with Gasteiger partial charge in [0.1, 0.15) is 22.9 Å². The number of rotatable bonds is 21. The average molecular weight is 1120 g/mol. The number of fused-ring (bicyclic) bond motifs is 6. The van der Waals surface area contributed by atoms with Crippen LogP contribution in [0.3, 0.4) is 0 Å². The van der Waals surface area contributed by atoms with Crippen LogP contribution in [0, 0.1) is 41.5 Å². The fourth-order valence-electron chi connectivity index (χ4n) is 12.1. The van der Waals surface area contributed by atoms with E-state index in [0.717, 1.165) is 138 Å². The lowest BCUT2D eigenvalue weighted by Gasteiger charge is -2.14. The van der Waals surface area contributed by atoms with Gasteiger partial charge in [-0.25, -0.2) is 9.59 Å². The van der Waals surface area contributed by atoms with Crippen molar-refractivity contribution in [3.05, 3.63) is 223 Å². The maximum Gasteiger partial charge on any atom is 0.332 e. The first-order valence-electron chi connectivity index (χ1n) is 28.9. The summed E-state index contributed by atoms with van der Waals surface area (Å²) >= 11 is 0. The topological polar surface area (TPSA) is 140 Å². The molecule has 0 saturated heterocycles. The Balaban J connectivity index is 0.829. The normalized spacial score (nSPS) is 11.9. The van der Waals surface area contributed by atoms with E-state index >= 15 is 0 Å². The van der Waals surface area contributed by atoms with Crippen molar-refractivity contribution in [2.24, 2.45) is 10.3 Å². The van der Waals surface area contributed by atoms with Crippen molar-refractivity contribution in [2.45, 2.75) is 108 Å². The minimum Gasteiger partial charge on any atom is -0.493 e. The van der Waals surface area contributed by atoms with E-state index in [-0.39, 0.29) is 11.6 Å². The lowest BCUT2D eigenvalue weighted by molar-refractivity contribution is -0.141.